The number of likely N-dealkylation sites (N-methyl/N-ethyl adjacent to an activating group) is 1. The van der Waals surface area contributed by atoms with Crippen LogP contribution in [0, 0.1) is 11.3 Å². The van der Waals surface area contributed by atoms with Crippen molar-refractivity contribution < 1.29 is 4.79 Å². The number of fused-ring (bicyclic) bond motifs is 1. The van der Waals surface area contributed by atoms with E-state index in [2.05, 4.69) is 45.6 Å². The summed E-state index contributed by atoms with van der Waals surface area (Å²) >= 11 is 0. The number of amides is 1. The first kappa shape index (κ1) is 17.5. The fourth-order valence-electron chi connectivity index (χ4n) is 3.05. The summed E-state index contributed by atoms with van der Waals surface area (Å²) in [5.41, 5.74) is 2.72. The van der Waals surface area contributed by atoms with Gasteiger partial charge < -0.3 is 9.80 Å². The van der Waals surface area contributed by atoms with E-state index >= 15 is 0 Å². The van der Waals surface area contributed by atoms with Gasteiger partial charge in [0.2, 0.25) is 0 Å². The third-order valence-electron chi connectivity index (χ3n) is 4.69. The molecule has 0 aliphatic carbocycles. The zero-order valence-electron chi connectivity index (χ0n) is 14.9. The molecule has 0 fully saturated rings. The fraction of sp³-hybridized carbons (Fsp3) is 0.579. The highest BCUT2D eigenvalue weighted by atomic mass is 16.2. The summed E-state index contributed by atoms with van der Waals surface area (Å²) in [6.07, 6.45) is 0. The van der Waals surface area contributed by atoms with Gasteiger partial charge in [-0.2, -0.15) is 5.26 Å². The Bertz CT molecular complexity index is 620. The molecule has 124 valence electrons. The molecule has 0 radical (unpaired) electrons. The Morgan fingerprint density at radius 2 is 1.91 bits per heavy atom. The second kappa shape index (κ2) is 6.72. The Labute approximate surface area is 139 Å². The standard InChI is InChI=1S/C19H27N3O/c1-6-21(7-2)10-11-22-17(13-20)16-12-14(19(3,4)5)8-9-15(16)18(22)23/h8-9,12,17H,6-7,10-11H2,1-5H3. The number of hydrogen-bond acceptors (Lipinski definition) is 3. The quantitative estimate of drug-likeness (QED) is 0.837. The Morgan fingerprint density at radius 3 is 2.43 bits per heavy atom. The van der Waals surface area contributed by atoms with E-state index in [4.69, 9.17) is 0 Å². The Kier molecular flexibility index (Phi) is 5.11. The lowest BCUT2D eigenvalue weighted by molar-refractivity contribution is 0.0738. The molecule has 0 spiro atoms. The Hall–Kier alpha value is -1.86. The van der Waals surface area contributed by atoms with Crippen molar-refractivity contribution in [2.45, 2.75) is 46.1 Å². The average molecular weight is 313 g/mol. The van der Waals surface area contributed by atoms with Crippen molar-refractivity contribution in [3.8, 4) is 6.07 Å². The maximum atomic E-state index is 12.7. The van der Waals surface area contributed by atoms with E-state index in [1.54, 1.807) is 4.90 Å². The first-order chi connectivity index (χ1) is 10.8. The molecule has 0 N–H and O–H groups in total. The molecule has 1 aliphatic heterocycles. The minimum Gasteiger partial charge on any atom is -0.317 e. The van der Waals surface area contributed by atoms with E-state index in [0.29, 0.717) is 12.1 Å². The Balaban J connectivity index is 2.29. The molecule has 0 saturated carbocycles. The number of hydrogen-bond donors (Lipinski definition) is 0. The lowest BCUT2D eigenvalue weighted by atomic mass is 9.85. The molecule has 0 aromatic heterocycles. The molecule has 1 aromatic carbocycles. The van der Waals surface area contributed by atoms with Crippen molar-refractivity contribution >= 4 is 5.91 Å². The van der Waals surface area contributed by atoms with Gasteiger partial charge >= 0.3 is 0 Å². The van der Waals surface area contributed by atoms with Crippen LogP contribution in [0.1, 0.15) is 62.1 Å². The van der Waals surface area contributed by atoms with Gasteiger partial charge in [0.05, 0.1) is 6.07 Å². The zero-order chi connectivity index (χ0) is 17.2. The molecule has 1 aliphatic rings. The molecule has 0 bridgehead atoms. The summed E-state index contributed by atoms with van der Waals surface area (Å²) in [4.78, 5) is 16.7. The van der Waals surface area contributed by atoms with E-state index in [-0.39, 0.29) is 11.3 Å². The predicted molar refractivity (Wildman–Crippen MR) is 92.3 cm³/mol. The van der Waals surface area contributed by atoms with Gasteiger partial charge in [0.25, 0.3) is 5.91 Å². The fourth-order valence-corrected chi connectivity index (χ4v) is 3.05. The molecule has 4 heteroatoms. The number of nitriles is 1. The largest absolute Gasteiger partial charge is 0.317 e. The summed E-state index contributed by atoms with van der Waals surface area (Å²) in [5.74, 6) is -0.0147. The third-order valence-corrected chi connectivity index (χ3v) is 4.69. The van der Waals surface area contributed by atoms with E-state index in [1.807, 2.05) is 18.2 Å². The molecule has 4 nitrogen and oxygen atoms in total. The van der Waals surface area contributed by atoms with Crippen molar-refractivity contribution in [1.82, 2.24) is 9.80 Å². The van der Waals surface area contributed by atoms with E-state index < -0.39 is 6.04 Å². The first-order valence-corrected chi connectivity index (χ1v) is 8.40. The third kappa shape index (κ3) is 3.40. The van der Waals surface area contributed by atoms with E-state index in [1.165, 1.54) is 0 Å². The molecule has 1 unspecified atom stereocenters. The summed E-state index contributed by atoms with van der Waals surface area (Å²) < 4.78 is 0. The highest BCUT2D eigenvalue weighted by molar-refractivity contribution is 5.99. The number of benzene rings is 1. The topological polar surface area (TPSA) is 47.3 Å². The maximum absolute atomic E-state index is 12.7. The van der Waals surface area contributed by atoms with Crippen LogP contribution in [0.4, 0.5) is 0 Å². The van der Waals surface area contributed by atoms with Gasteiger partial charge in [-0.05, 0) is 30.1 Å². The first-order valence-electron chi connectivity index (χ1n) is 8.40. The molecule has 1 aromatic rings. The van der Waals surface area contributed by atoms with Gasteiger partial charge in [-0.3, -0.25) is 4.79 Å². The van der Waals surface area contributed by atoms with Gasteiger partial charge in [-0.15, -0.1) is 0 Å². The molecular weight excluding hydrogens is 286 g/mol. The van der Waals surface area contributed by atoms with Crippen LogP contribution in [0.15, 0.2) is 18.2 Å². The van der Waals surface area contributed by atoms with Crippen LogP contribution in [0.2, 0.25) is 0 Å². The lowest BCUT2D eigenvalue weighted by Gasteiger charge is -2.25. The monoisotopic (exact) mass is 313 g/mol. The van der Waals surface area contributed by atoms with Gasteiger partial charge in [0.15, 0.2) is 0 Å². The number of rotatable bonds is 5. The summed E-state index contributed by atoms with van der Waals surface area (Å²) in [6, 6.07) is 7.81. The van der Waals surface area contributed by atoms with Crippen LogP contribution in [0.3, 0.4) is 0 Å². The molecule has 2 rings (SSSR count). The normalized spacial score (nSPS) is 17.5. The SMILES string of the molecule is CCN(CC)CCN1C(=O)c2ccc(C(C)(C)C)cc2C1C#N. The lowest BCUT2D eigenvalue weighted by Crippen LogP contribution is -2.36. The predicted octanol–water partition coefficient (Wildman–Crippen LogP) is 3.35. The molecular formula is C19H27N3O. The van der Waals surface area contributed by atoms with Crippen LogP contribution in [-0.4, -0.2) is 41.9 Å². The van der Waals surface area contributed by atoms with Crippen LogP contribution < -0.4 is 0 Å². The summed E-state index contributed by atoms with van der Waals surface area (Å²) in [6.45, 7) is 14.0. The molecule has 0 saturated heterocycles. The number of nitrogens with zero attached hydrogens (tertiary/aromatic N) is 3. The van der Waals surface area contributed by atoms with Gasteiger partial charge in [-0.25, -0.2) is 0 Å². The second-order valence-electron chi connectivity index (χ2n) is 7.11. The van der Waals surface area contributed by atoms with Crippen molar-refractivity contribution in [1.29, 1.82) is 5.26 Å². The van der Waals surface area contributed by atoms with Crippen molar-refractivity contribution in [2.24, 2.45) is 0 Å². The molecule has 1 atom stereocenters. The summed E-state index contributed by atoms with van der Waals surface area (Å²) in [7, 11) is 0. The van der Waals surface area contributed by atoms with Crippen LogP contribution in [0.5, 0.6) is 0 Å². The van der Waals surface area contributed by atoms with Crippen molar-refractivity contribution in [2.75, 3.05) is 26.2 Å². The number of carbonyl (C=O) groups excluding carboxylic acids is 1. The zero-order valence-corrected chi connectivity index (χ0v) is 14.9. The highest BCUT2D eigenvalue weighted by Gasteiger charge is 2.37. The van der Waals surface area contributed by atoms with Crippen molar-refractivity contribution in [3.05, 3.63) is 34.9 Å². The minimum atomic E-state index is -0.463. The second-order valence-corrected chi connectivity index (χ2v) is 7.11. The summed E-state index contributed by atoms with van der Waals surface area (Å²) in [5, 5.41) is 9.62. The maximum Gasteiger partial charge on any atom is 0.255 e. The Morgan fingerprint density at radius 1 is 1.26 bits per heavy atom. The van der Waals surface area contributed by atoms with Gasteiger partial charge in [-0.1, -0.05) is 46.8 Å². The van der Waals surface area contributed by atoms with Crippen LogP contribution >= 0.6 is 0 Å². The van der Waals surface area contributed by atoms with E-state index in [0.717, 1.165) is 30.8 Å². The van der Waals surface area contributed by atoms with Gasteiger partial charge in [0.1, 0.15) is 6.04 Å². The highest BCUT2D eigenvalue weighted by Crippen LogP contribution is 2.36. The molecule has 1 amide bonds. The average Bonchev–Trinajstić information content (AvgIpc) is 2.79. The van der Waals surface area contributed by atoms with Crippen molar-refractivity contribution in [3.63, 3.8) is 0 Å². The smallest absolute Gasteiger partial charge is 0.255 e. The van der Waals surface area contributed by atoms with Crippen LogP contribution in [-0.2, 0) is 5.41 Å². The minimum absolute atomic E-state index is 0.00667. The van der Waals surface area contributed by atoms with E-state index in [9.17, 15) is 10.1 Å². The molecule has 23 heavy (non-hydrogen) atoms. The number of carbonyl (C=O) groups is 1. The van der Waals surface area contributed by atoms with Crippen LogP contribution in [0.25, 0.3) is 0 Å². The molecule has 1 heterocycles. The van der Waals surface area contributed by atoms with Gasteiger partial charge in [0, 0.05) is 24.2 Å².